The van der Waals surface area contributed by atoms with Crippen molar-refractivity contribution in [1.29, 1.82) is 0 Å². The first-order valence-electron chi connectivity index (χ1n) is 8.16. The second-order valence-electron chi connectivity index (χ2n) is 7.45. The van der Waals surface area contributed by atoms with Gasteiger partial charge in [0.25, 0.3) is 0 Å². The summed E-state index contributed by atoms with van der Waals surface area (Å²) in [5.74, 6) is 0.182. The minimum absolute atomic E-state index is 0.144. The predicted octanol–water partition coefficient (Wildman–Crippen LogP) is 2.28. The van der Waals surface area contributed by atoms with Gasteiger partial charge in [0, 0.05) is 12.5 Å². The van der Waals surface area contributed by atoms with E-state index < -0.39 is 12.0 Å². The van der Waals surface area contributed by atoms with E-state index in [4.69, 9.17) is 0 Å². The largest absolute Gasteiger partial charge is 0.480 e. The van der Waals surface area contributed by atoms with Crippen LogP contribution in [0.25, 0.3) is 0 Å². The van der Waals surface area contributed by atoms with E-state index >= 15 is 0 Å². The van der Waals surface area contributed by atoms with Crippen molar-refractivity contribution in [1.82, 2.24) is 4.90 Å². The molecule has 1 spiro atoms. The van der Waals surface area contributed by atoms with E-state index in [0.717, 1.165) is 25.7 Å². The molecule has 1 N–H and O–H groups in total. The molecular formula is C16H23NO3. The van der Waals surface area contributed by atoms with Crippen LogP contribution in [0.5, 0.6) is 0 Å². The zero-order chi connectivity index (χ0) is 13.9. The van der Waals surface area contributed by atoms with E-state index in [-0.39, 0.29) is 23.2 Å². The van der Waals surface area contributed by atoms with Crippen LogP contribution in [0.1, 0.15) is 51.4 Å². The van der Waals surface area contributed by atoms with Crippen LogP contribution in [0.3, 0.4) is 0 Å². The number of hydrogen-bond donors (Lipinski definition) is 1. The summed E-state index contributed by atoms with van der Waals surface area (Å²) in [6.45, 7) is 0.701. The van der Waals surface area contributed by atoms with Gasteiger partial charge in [-0.15, -0.1) is 0 Å². The molecule has 4 atom stereocenters. The third-order valence-electron chi connectivity index (χ3n) is 6.51. The SMILES string of the molecule is O=C(O)C1C2CCCC2CN1C(=O)C1CC12CCCC2. The highest BCUT2D eigenvalue weighted by molar-refractivity contribution is 5.88. The average molecular weight is 277 g/mol. The van der Waals surface area contributed by atoms with E-state index in [9.17, 15) is 14.7 Å². The molecule has 1 saturated heterocycles. The number of carbonyl (C=O) groups is 2. The molecule has 1 aliphatic heterocycles. The van der Waals surface area contributed by atoms with Gasteiger partial charge in [-0.1, -0.05) is 19.3 Å². The molecule has 0 bridgehead atoms. The standard InChI is InChI=1S/C16H23NO3/c18-14(12-8-16(12)6-1-2-7-16)17-9-10-4-3-5-11(10)13(17)15(19)20/h10-13H,1-9H2,(H,19,20). The van der Waals surface area contributed by atoms with Gasteiger partial charge in [-0.2, -0.15) is 0 Å². The lowest BCUT2D eigenvalue weighted by Gasteiger charge is -2.25. The Bertz CT molecular complexity index is 455. The smallest absolute Gasteiger partial charge is 0.326 e. The average Bonchev–Trinajstić information content (AvgIpc) is 2.78. The predicted molar refractivity (Wildman–Crippen MR) is 73.0 cm³/mol. The number of fused-ring (bicyclic) bond motifs is 1. The number of carbonyl (C=O) groups excluding carboxylic acids is 1. The van der Waals surface area contributed by atoms with Crippen LogP contribution in [-0.4, -0.2) is 34.5 Å². The highest BCUT2D eigenvalue weighted by Crippen LogP contribution is 2.63. The molecule has 4 rings (SSSR count). The molecule has 0 radical (unpaired) electrons. The lowest BCUT2D eigenvalue weighted by atomic mass is 9.94. The highest BCUT2D eigenvalue weighted by atomic mass is 16.4. The van der Waals surface area contributed by atoms with Crippen LogP contribution in [-0.2, 0) is 9.59 Å². The summed E-state index contributed by atoms with van der Waals surface area (Å²) in [5, 5.41) is 9.54. The highest BCUT2D eigenvalue weighted by Gasteiger charge is 2.62. The molecular weight excluding hydrogens is 254 g/mol. The van der Waals surface area contributed by atoms with Crippen molar-refractivity contribution in [2.75, 3.05) is 6.54 Å². The molecule has 4 heteroatoms. The fourth-order valence-corrected chi connectivity index (χ4v) is 5.38. The molecule has 0 aromatic carbocycles. The van der Waals surface area contributed by atoms with Gasteiger partial charge in [-0.25, -0.2) is 4.79 Å². The Labute approximate surface area is 119 Å². The Morgan fingerprint density at radius 3 is 2.55 bits per heavy atom. The van der Waals surface area contributed by atoms with Gasteiger partial charge in [-0.05, 0) is 49.4 Å². The zero-order valence-electron chi connectivity index (χ0n) is 11.9. The summed E-state index contributed by atoms with van der Waals surface area (Å²) in [4.78, 5) is 26.1. The number of carboxylic acid groups (broad SMARTS) is 1. The molecule has 4 nitrogen and oxygen atoms in total. The Morgan fingerprint density at radius 2 is 1.85 bits per heavy atom. The first kappa shape index (κ1) is 12.7. The van der Waals surface area contributed by atoms with Crippen molar-refractivity contribution in [3.8, 4) is 0 Å². The number of aliphatic carboxylic acids is 1. The molecule has 4 aliphatic rings. The van der Waals surface area contributed by atoms with Crippen molar-refractivity contribution >= 4 is 11.9 Å². The molecule has 0 aromatic rings. The first-order chi connectivity index (χ1) is 9.62. The van der Waals surface area contributed by atoms with Gasteiger partial charge in [0.05, 0.1) is 0 Å². The molecule has 4 unspecified atom stereocenters. The maximum absolute atomic E-state index is 12.8. The van der Waals surface area contributed by atoms with E-state index in [1.54, 1.807) is 4.90 Å². The maximum atomic E-state index is 12.8. The molecule has 20 heavy (non-hydrogen) atoms. The summed E-state index contributed by atoms with van der Waals surface area (Å²) in [5.41, 5.74) is 0.276. The van der Waals surface area contributed by atoms with Crippen molar-refractivity contribution < 1.29 is 14.7 Å². The normalized spacial score (nSPS) is 41.1. The van der Waals surface area contributed by atoms with E-state index in [0.29, 0.717) is 12.5 Å². The van der Waals surface area contributed by atoms with Gasteiger partial charge in [0.1, 0.15) is 6.04 Å². The lowest BCUT2D eigenvalue weighted by molar-refractivity contribution is -0.150. The Hall–Kier alpha value is -1.06. The molecule has 0 aromatic heterocycles. The van der Waals surface area contributed by atoms with Crippen molar-refractivity contribution in [2.24, 2.45) is 23.2 Å². The third kappa shape index (κ3) is 1.66. The molecule has 1 heterocycles. The topological polar surface area (TPSA) is 57.6 Å². The number of amides is 1. The summed E-state index contributed by atoms with van der Waals surface area (Å²) in [7, 11) is 0. The summed E-state index contributed by atoms with van der Waals surface area (Å²) >= 11 is 0. The van der Waals surface area contributed by atoms with Gasteiger partial charge >= 0.3 is 5.97 Å². The molecule has 3 aliphatic carbocycles. The number of likely N-dealkylation sites (tertiary alicyclic amines) is 1. The number of hydrogen-bond acceptors (Lipinski definition) is 2. The third-order valence-corrected chi connectivity index (χ3v) is 6.51. The minimum Gasteiger partial charge on any atom is -0.480 e. The van der Waals surface area contributed by atoms with E-state index in [1.807, 2.05) is 0 Å². The minimum atomic E-state index is -0.783. The number of nitrogens with zero attached hydrogens (tertiary/aromatic N) is 1. The van der Waals surface area contributed by atoms with Crippen LogP contribution in [0.2, 0.25) is 0 Å². The van der Waals surface area contributed by atoms with Crippen LogP contribution >= 0.6 is 0 Å². The molecule has 1 amide bonds. The number of carboxylic acids is 1. The van der Waals surface area contributed by atoms with Crippen molar-refractivity contribution in [3.63, 3.8) is 0 Å². The van der Waals surface area contributed by atoms with Crippen LogP contribution in [0.15, 0.2) is 0 Å². The fraction of sp³-hybridized carbons (Fsp3) is 0.875. The summed E-state index contributed by atoms with van der Waals surface area (Å²) in [6.07, 6.45) is 9.10. The lowest BCUT2D eigenvalue weighted by Crippen LogP contribution is -2.44. The van der Waals surface area contributed by atoms with Crippen LogP contribution < -0.4 is 0 Å². The first-order valence-corrected chi connectivity index (χ1v) is 8.16. The van der Waals surface area contributed by atoms with Crippen molar-refractivity contribution in [3.05, 3.63) is 0 Å². The fourth-order valence-electron chi connectivity index (χ4n) is 5.38. The molecule has 110 valence electrons. The van der Waals surface area contributed by atoms with Gasteiger partial charge in [0.2, 0.25) is 5.91 Å². The Balaban J connectivity index is 1.53. The zero-order valence-corrected chi connectivity index (χ0v) is 11.9. The molecule has 3 saturated carbocycles. The van der Waals surface area contributed by atoms with Crippen LogP contribution in [0, 0.1) is 23.2 Å². The monoisotopic (exact) mass is 277 g/mol. The van der Waals surface area contributed by atoms with Gasteiger partial charge in [-0.3, -0.25) is 4.79 Å². The molecule has 4 fully saturated rings. The number of rotatable bonds is 2. The van der Waals surface area contributed by atoms with E-state index in [2.05, 4.69) is 0 Å². The van der Waals surface area contributed by atoms with Gasteiger partial charge < -0.3 is 10.0 Å². The van der Waals surface area contributed by atoms with E-state index in [1.165, 1.54) is 25.7 Å². The summed E-state index contributed by atoms with van der Waals surface area (Å²) < 4.78 is 0. The van der Waals surface area contributed by atoms with Crippen molar-refractivity contribution in [2.45, 2.75) is 57.4 Å². The summed E-state index contributed by atoms with van der Waals surface area (Å²) in [6, 6.07) is -0.533. The van der Waals surface area contributed by atoms with Gasteiger partial charge in [0.15, 0.2) is 0 Å². The van der Waals surface area contributed by atoms with Crippen LogP contribution in [0.4, 0.5) is 0 Å². The maximum Gasteiger partial charge on any atom is 0.326 e. The Morgan fingerprint density at radius 1 is 1.10 bits per heavy atom. The second kappa shape index (κ2) is 4.22. The second-order valence-corrected chi connectivity index (χ2v) is 7.45. The Kier molecular flexibility index (Phi) is 2.67. The quantitative estimate of drug-likeness (QED) is 0.842.